The molecule has 1 aliphatic heterocycles. The Hall–Kier alpha value is -1.95. The van der Waals surface area contributed by atoms with E-state index in [0.717, 1.165) is 13.0 Å². The third-order valence-electron chi connectivity index (χ3n) is 4.25. The summed E-state index contributed by atoms with van der Waals surface area (Å²) in [5, 5.41) is 10.8. The lowest BCUT2D eigenvalue weighted by Gasteiger charge is -2.36. The number of non-ortho nitro benzene ring substituents is 1. The monoisotopic (exact) mass is 291 g/mol. The molecule has 0 aromatic heterocycles. The number of nitrogens with two attached hydrogens (primary N) is 1. The zero-order chi connectivity index (χ0) is 15.4. The molecule has 1 fully saturated rings. The highest BCUT2D eigenvalue weighted by Gasteiger charge is 2.27. The topological polar surface area (TPSA) is 89.5 Å². The van der Waals surface area contributed by atoms with Crippen LogP contribution in [0.3, 0.4) is 0 Å². The molecule has 0 bridgehead atoms. The Balaban J connectivity index is 2.01. The molecule has 0 radical (unpaired) electrons. The second kappa shape index (κ2) is 6.67. The summed E-state index contributed by atoms with van der Waals surface area (Å²) in [4.78, 5) is 24.5. The van der Waals surface area contributed by atoms with Gasteiger partial charge < -0.3 is 10.6 Å². The molecular weight excluding hydrogens is 270 g/mol. The van der Waals surface area contributed by atoms with Crippen LogP contribution in [0.15, 0.2) is 24.3 Å². The summed E-state index contributed by atoms with van der Waals surface area (Å²) in [6.45, 7) is 4.18. The van der Waals surface area contributed by atoms with Crippen LogP contribution in [0.5, 0.6) is 0 Å². The molecule has 1 aromatic rings. The van der Waals surface area contributed by atoms with E-state index >= 15 is 0 Å². The van der Waals surface area contributed by atoms with Crippen molar-refractivity contribution in [1.82, 2.24) is 4.90 Å². The van der Waals surface area contributed by atoms with Gasteiger partial charge in [0.05, 0.1) is 11.3 Å². The number of benzene rings is 1. The summed E-state index contributed by atoms with van der Waals surface area (Å²) in [7, 11) is 0. The van der Waals surface area contributed by atoms with Gasteiger partial charge in [-0.15, -0.1) is 0 Å². The second-order valence-corrected chi connectivity index (χ2v) is 5.71. The van der Waals surface area contributed by atoms with E-state index in [9.17, 15) is 14.9 Å². The number of piperidine rings is 1. The molecule has 2 unspecified atom stereocenters. The fourth-order valence-corrected chi connectivity index (χ4v) is 2.75. The molecule has 2 N–H and O–H groups in total. The fourth-order valence-electron chi connectivity index (χ4n) is 2.75. The number of hydrogen-bond acceptors (Lipinski definition) is 4. The van der Waals surface area contributed by atoms with Crippen LogP contribution in [-0.4, -0.2) is 35.4 Å². The van der Waals surface area contributed by atoms with E-state index in [2.05, 4.69) is 6.92 Å². The summed E-state index contributed by atoms with van der Waals surface area (Å²) in [6.07, 6.45) is 1.16. The Morgan fingerprint density at radius 2 is 2.29 bits per heavy atom. The van der Waals surface area contributed by atoms with Gasteiger partial charge in [-0.1, -0.05) is 19.1 Å². The minimum Gasteiger partial charge on any atom is -0.342 e. The van der Waals surface area contributed by atoms with Gasteiger partial charge in [-0.05, 0) is 30.4 Å². The minimum absolute atomic E-state index is 0.0147. The molecule has 6 nitrogen and oxygen atoms in total. The minimum atomic E-state index is -0.443. The van der Waals surface area contributed by atoms with E-state index < -0.39 is 4.92 Å². The van der Waals surface area contributed by atoms with E-state index in [4.69, 9.17) is 5.73 Å². The first kappa shape index (κ1) is 15.4. The zero-order valence-corrected chi connectivity index (χ0v) is 12.2. The lowest BCUT2D eigenvalue weighted by Crippen LogP contribution is -2.46. The van der Waals surface area contributed by atoms with Crippen molar-refractivity contribution >= 4 is 11.6 Å². The Kier molecular flexibility index (Phi) is 4.90. The Morgan fingerprint density at radius 3 is 2.95 bits per heavy atom. The van der Waals surface area contributed by atoms with Crippen LogP contribution in [0, 0.1) is 22.0 Å². The maximum absolute atomic E-state index is 12.3. The van der Waals surface area contributed by atoms with Gasteiger partial charge >= 0.3 is 0 Å². The summed E-state index contributed by atoms with van der Waals surface area (Å²) in [5.41, 5.74) is 6.45. The molecule has 1 saturated heterocycles. The number of rotatable bonds is 4. The van der Waals surface area contributed by atoms with Crippen LogP contribution in [0.2, 0.25) is 0 Å². The molecule has 1 heterocycles. The number of hydrogen-bond donors (Lipinski definition) is 1. The number of amides is 1. The largest absolute Gasteiger partial charge is 0.342 e. The predicted octanol–water partition coefficient (Wildman–Crippen LogP) is 1.58. The Morgan fingerprint density at radius 1 is 1.52 bits per heavy atom. The third kappa shape index (κ3) is 3.78. The fraction of sp³-hybridized carbons (Fsp3) is 0.533. The molecule has 0 saturated carbocycles. The normalized spacial score (nSPS) is 22.1. The standard InChI is InChI=1S/C15H21N3O3/c1-11-5-6-17(10-13(11)9-16)15(19)8-12-3-2-4-14(7-12)18(20)21/h2-4,7,11,13H,5-6,8-10,16H2,1H3. The number of carbonyl (C=O) groups excluding carboxylic acids is 1. The first-order chi connectivity index (χ1) is 10.0. The lowest BCUT2D eigenvalue weighted by molar-refractivity contribution is -0.384. The molecule has 0 spiro atoms. The van der Waals surface area contributed by atoms with Crippen molar-refractivity contribution in [3.63, 3.8) is 0 Å². The lowest BCUT2D eigenvalue weighted by atomic mass is 9.87. The molecule has 1 aromatic carbocycles. The van der Waals surface area contributed by atoms with Gasteiger partial charge in [-0.3, -0.25) is 14.9 Å². The van der Waals surface area contributed by atoms with E-state index in [1.165, 1.54) is 12.1 Å². The molecule has 2 rings (SSSR count). The van der Waals surface area contributed by atoms with Crippen LogP contribution in [-0.2, 0) is 11.2 Å². The molecule has 6 heteroatoms. The molecule has 114 valence electrons. The molecule has 21 heavy (non-hydrogen) atoms. The average Bonchev–Trinajstić information content (AvgIpc) is 2.47. The SMILES string of the molecule is CC1CCN(C(=O)Cc2cccc([N+](=O)[O-])c2)CC1CN. The highest BCUT2D eigenvalue weighted by Crippen LogP contribution is 2.23. The van der Waals surface area contributed by atoms with Gasteiger partial charge in [0, 0.05) is 25.2 Å². The van der Waals surface area contributed by atoms with E-state index in [-0.39, 0.29) is 18.0 Å². The second-order valence-electron chi connectivity index (χ2n) is 5.71. The van der Waals surface area contributed by atoms with E-state index in [1.54, 1.807) is 12.1 Å². The number of nitro groups is 1. The van der Waals surface area contributed by atoms with Gasteiger partial charge in [0.1, 0.15) is 0 Å². The van der Waals surface area contributed by atoms with Crippen molar-refractivity contribution in [2.24, 2.45) is 17.6 Å². The van der Waals surface area contributed by atoms with Crippen LogP contribution < -0.4 is 5.73 Å². The van der Waals surface area contributed by atoms with Gasteiger partial charge in [-0.2, -0.15) is 0 Å². The Labute approximate surface area is 124 Å². The number of nitro benzene ring substituents is 1. The number of carbonyl (C=O) groups is 1. The van der Waals surface area contributed by atoms with Crippen LogP contribution in [0.25, 0.3) is 0 Å². The molecule has 0 aliphatic carbocycles. The number of likely N-dealkylation sites (tertiary alicyclic amines) is 1. The highest BCUT2D eigenvalue weighted by molar-refractivity contribution is 5.79. The van der Waals surface area contributed by atoms with E-state index in [0.29, 0.717) is 30.5 Å². The summed E-state index contributed by atoms with van der Waals surface area (Å²) >= 11 is 0. The maximum atomic E-state index is 12.3. The van der Waals surface area contributed by atoms with Gasteiger partial charge in [0.25, 0.3) is 5.69 Å². The maximum Gasteiger partial charge on any atom is 0.269 e. The summed E-state index contributed by atoms with van der Waals surface area (Å²) in [6, 6.07) is 6.26. The molecule has 1 amide bonds. The molecular formula is C15H21N3O3. The quantitative estimate of drug-likeness (QED) is 0.673. The van der Waals surface area contributed by atoms with Gasteiger partial charge in [0.15, 0.2) is 0 Å². The van der Waals surface area contributed by atoms with Gasteiger partial charge in [-0.25, -0.2) is 0 Å². The first-order valence-electron chi connectivity index (χ1n) is 7.22. The van der Waals surface area contributed by atoms with Gasteiger partial charge in [0.2, 0.25) is 5.91 Å². The van der Waals surface area contributed by atoms with Crippen LogP contribution in [0.4, 0.5) is 5.69 Å². The first-order valence-corrected chi connectivity index (χ1v) is 7.22. The summed E-state index contributed by atoms with van der Waals surface area (Å²) in [5.74, 6) is 0.894. The highest BCUT2D eigenvalue weighted by atomic mass is 16.6. The van der Waals surface area contributed by atoms with E-state index in [1.807, 2.05) is 4.90 Å². The van der Waals surface area contributed by atoms with Crippen LogP contribution in [0.1, 0.15) is 18.9 Å². The van der Waals surface area contributed by atoms with Crippen molar-refractivity contribution in [1.29, 1.82) is 0 Å². The third-order valence-corrected chi connectivity index (χ3v) is 4.25. The zero-order valence-electron chi connectivity index (χ0n) is 12.2. The molecule has 1 aliphatic rings. The van der Waals surface area contributed by atoms with Crippen molar-refractivity contribution in [2.75, 3.05) is 19.6 Å². The van der Waals surface area contributed by atoms with Crippen molar-refractivity contribution in [2.45, 2.75) is 19.8 Å². The predicted molar refractivity (Wildman–Crippen MR) is 79.7 cm³/mol. The average molecular weight is 291 g/mol. The smallest absolute Gasteiger partial charge is 0.269 e. The number of nitrogens with zero attached hydrogens (tertiary/aromatic N) is 2. The molecule has 2 atom stereocenters. The summed E-state index contributed by atoms with van der Waals surface area (Å²) < 4.78 is 0. The van der Waals surface area contributed by atoms with Crippen molar-refractivity contribution in [3.8, 4) is 0 Å². The van der Waals surface area contributed by atoms with Crippen molar-refractivity contribution < 1.29 is 9.72 Å². The Bertz CT molecular complexity index is 533. The van der Waals surface area contributed by atoms with Crippen LogP contribution >= 0.6 is 0 Å². The van der Waals surface area contributed by atoms with Crippen molar-refractivity contribution in [3.05, 3.63) is 39.9 Å².